The molecule has 1 aromatic carbocycles. The number of likely N-dealkylation sites (tertiary alicyclic amines) is 1. The molecule has 0 bridgehead atoms. The van der Waals surface area contributed by atoms with Crippen molar-refractivity contribution in [3.63, 3.8) is 0 Å². The molecule has 0 radical (unpaired) electrons. The number of hydrogen-bond donors (Lipinski definition) is 2. The Morgan fingerprint density at radius 3 is 2.48 bits per heavy atom. The van der Waals surface area contributed by atoms with E-state index in [9.17, 15) is 22.8 Å². The molecule has 10 heteroatoms. The standard InChI is InChI=1S/C17H19F3N2O3SSi/c1-27(2,3)9-7-11-4-5-12(10-14(11)26-17(18,19)20)16(24)22-8-6-13(22)15(23)21-25/h4-5,10,13,25H,6,8H2,1-3H3,(H,21,23)/t13-/m1/s1. The van der Waals surface area contributed by atoms with Gasteiger partial charge in [-0.3, -0.25) is 14.8 Å². The average molecular weight is 416 g/mol. The van der Waals surface area contributed by atoms with Gasteiger partial charge in [-0.25, -0.2) is 5.48 Å². The lowest BCUT2D eigenvalue weighted by molar-refractivity contribution is -0.137. The van der Waals surface area contributed by atoms with Crippen molar-refractivity contribution in [2.75, 3.05) is 6.54 Å². The first kappa shape index (κ1) is 21.3. The molecule has 0 spiro atoms. The molecule has 0 aromatic heterocycles. The van der Waals surface area contributed by atoms with Gasteiger partial charge in [0.1, 0.15) is 14.1 Å². The number of thioether (sulfide) groups is 1. The van der Waals surface area contributed by atoms with Crippen LogP contribution in [0.25, 0.3) is 0 Å². The number of amides is 2. The maximum Gasteiger partial charge on any atom is 0.446 e. The van der Waals surface area contributed by atoms with Gasteiger partial charge in [-0.2, -0.15) is 13.2 Å². The molecule has 5 nitrogen and oxygen atoms in total. The van der Waals surface area contributed by atoms with Crippen LogP contribution < -0.4 is 5.48 Å². The summed E-state index contributed by atoms with van der Waals surface area (Å²) in [6, 6.07) is 3.13. The predicted octanol–water partition coefficient (Wildman–Crippen LogP) is 3.25. The van der Waals surface area contributed by atoms with E-state index in [0.29, 0.717) is 6.42 Å². The van der Waals surface area contributed by atoms with Gasteiger partial charge in [0.05, 0.1) is 0 Å². The highest BCUT2D eigenvalue weighted by Crippen LogP contribution is 2.39. The highest BCUT2D eigenvalue weighted by atomic mass is 32.2. The molecular formula is C17H19F3N2O3SSi. The lowest BCUT2D eigenvalue weighted by Gasteiger charge is -2.39. The summed E-state index contributed by atoms with van der Waals surface area (Å²) in [6.45, 7) is 6.22. The molecule has 1 fully saturated rings. The van der Waals surface area contributed by atoms with Gasteiger partial charge < -0.3 is 4.90 Å². The number of alkyl halides is 3. The maximum absolute atomic E-state index is 12.9. The molecule has 1 heterocycles. The zero-order valence-electron chi connectivity index (χ0n) is 15.0. The van der Waals surface area contributed by atoms with Gasteiger partial charge in [-0.15, -0.1) is 5.54 Å². The summed E-state index contributed by atoms with van der Waals surface area (Å²) < 4.78 is 38.8. The number of nitrogens with zero attached hydrogens (tertiary/aromatic N) is 1. The van der Waals surface area contributed by atoms with Gasteiger partial charge in [0.15, 0.2) is 0 Å². The minimum absolute atomic E-state index is 0.0377. The second-order valence-corrected chi connectivity index (χ2v) is 12.9. The van der Waals surface area contributed by atoms with Crippen molar-refractivity contribution in [2.45, 2.75) is 42.5 Å². The molecule has 2 N–H and O–H groups in total. The Morgan fingerprint density at radius 1 is 1.33 bits per heavy atom. The Kier molecular flexibility index (Phi) is 6.29. The van der Waals surface area contributed by atoms with Crippen molar-refractivity contribution in [3.8, 4) is 11.5 Å². The van der Waals surface area contributed by atoms with Crippen molar-refractivity contribution in [1.29, 1.82) is 0 Å². The molecule has 0 saturated carbocycles. The molecule has 2 rings (SSSR count). The minimum atomic E-state index is -4.52. The van der Waals surface area contributed by atoms with Gasteiger partial charge in [-0.05, 0) is 36.4 Å². The monoisotopic (exact) mass is 416 g/mol. The van der Waals surface area contributed by atoms with E-state index in [1.807, 2.05) is 19.6 Å². The van der Waals surface area contributed by atoms with E-state index >= 15 is 0 Å². The third kappa shape index (κ3) is 5.75. The molecule has 1 aromatic rings. The fourth-order valence-electron chi connectivity index (χ4n) is 2.37. The van der Waals surface area contributed by atoms with Gasteiger partial charge in [0, 0.05) is 22.6 Å². The smallest absolute Gasteiger partial charge is 0.326 e. The van der Waals surface area contributed by atoms with Crippen molar-refractivity contribution in [1.82, 2.24) is 10.4 Å². The average Bonchev–Trinajstić information content (AvgIpc) is 2.49. The van der Waals surface area contributed by atoms with E-state index in [0.717, 1.165) is 6.07 Å². The van der Waals surface area contributed by atoms with Gasteiger partial charge in [-0.1, -0.05) is 25.6 Å². The summed E-state index contributed by atoms with van der Waals surface area (Å²) in [5, 5.41) is 8.70. The molecule has 0 aliphatic carbocycles. The predicted molar refractivity (Wildman–Crippen MR) is 97.9 cm³/mol. The van der Waals surface area contributed by atoms with Crippen LogP contribution in [0, 0.1) is 11.5 Å². The first-order chi connectivity index (χ1) is 12.4. The number of carbonyl (C=O) groups is 2. The molecule has 1 aliphatic heterocycles. The van der Waals surface area contributed by atoms with E-state index in [-0.39, 0.29) is 34.3 Å². The van der Waals surface area contributed by atoms with Crippen molar-refractivity contribution >= 4 is 31.7 Å². The lowest BCUT2D eigenvalue weighted by Crippen LogP contribution is -2.57. The molecule has 146 valence electrons. The van der Waals surface area contributed by atoms with E-state index in [2.05, 4.69) is 11.5 Å². The molecule has 1 saturated heterocycles. The van der Waals surface area contributed by atoms with Crippen LogP contribution in [0.5, 0.6) is 0 Å². The quantitative estimate of drug-likeness (QED) is 0.261. The molecule has 2 amide bonds. The Bertz CT molecular complexity index is 812. The lowest BCUT2D eigenvalue weighted by atomic mass is 10.00. The number of hydrogen-bond acceptors (Lipinski definition) is 4. The molecular weight excluding hydrogens is 397 g/mol. The molecule has 27 heavy (non-hydrogen) atoms. The van der Waals surface area contributed by atoms with Crippen LogP contribution >= 0.6 is 11.8 Å². The Labute approximate surface area is 160 Å². The third-order valence-corrected chi connectivity index (χ3v) is 5.38. The van der Waals surface area contributed by atoms with E-state index < -0.39 is 31.4 Å². The highest BCUT2D eigenvalue weighted by molar-refractivity contribution is 8.00. The first-order valence-electron chi connectivity index (χ1n) is 8.09. The zero-order valence-corrected chi connectivity index (χ0v) is 16.8. The van der Waals surface area contributed by atoms with Crippen molar-refractivity contribution in [2.24, 2.45) is 0 Å². The van der Waals surface area contributed by atoms with Crippen molar-refractivity contribution < 1.29 is 28.0 Å². The largest absolute Gasteiger partial charge is 0.446 e. The number of carbonyl (C=O) groups excluding carboxylic acids is 2. The van der Waals surface area contributed by atoms with Crippen LogP contribution in [-0.4, -0.2) is 48.1 Å². The summed E-state index contributed by atoms with van der Waals surface area (Å²) in [4.78, 5) is 25.1. The fraction of sp³-hybridized carbons (Fsp3) is 0.412. The normalized spacial score (nSPS) is 16.9. The highest BCUT2D eigenvalue weighted by Gasteiger charge is 2.38. The third-order valence-electron chi connectivity index (χ3n) is 3.72. The summed E-state index contributed by atoms with van der Waals surface area (Å²) in [7, 11) is -1.79. The first-order valence-corrected chi connectivity index (χ1v) is 12.4. The van der Waals surface area contributed by atoms with Crippen LogP contribution in [0.4, 0.5) is 13.2 Å². The van der Waals surface area contributed by atoms with Gasteiger partial charge >= 0.3 is 5.51 Å². The van der Waals surface area contributed by atoms with Gasteiger partial charge in [0.25, 0.3) is 11.8 Å². The number of hydroxylamine groups is 1. The molecule has 1 atom stereocenters. The number of halogens is 3. The Morgan fingerprint density at radius 2 is 2.00 bits per heavy atom. The minimum Gasteiger partial charge on any atom is -0.326 e. The van der Waals surface area contributed by atoms with Crippen LogP contribution in [0.2, 0.25) is 19.6 Å². The van der Waals surface area contributed by atoms with Crippen LogP contribution in [0.3, 0.4) is 0 Å². The Balaban J connectivity index is 2.36. The van der Waals surface area contributed by atoms with E-state index in [4.69, 9.17) is 5.21 Å². The summed E-state index contributed by atoms with van der Waals surface area (Å²) in [5.74, 6) is 1.51. The number of rotatable bonds is 3. The maximum atomic E-state index is 12.9. The van der Waals surface area contributed by atoms with Crippen LogP contribution in [0.1, 0.15) is 22.3 Å². The zero-order chi connectivity index (χ0) is 20.4. The molecule has 0 unspecified atom stereocenters. The number of nitrogens with one attached hydrogen (secondary N) is 1. The Hall–Kier alpha value is -1.96. The number of benzene rings is 1. The molecule has 1 aliphatic rings. The van der Waals surface area contributed by atoms with Crippen molar-refractivity contribution in [3.05, 3.63) is 29.3 Å². The topological polar surface area (TPSA) is 69.6 Å². The van der Waals surface area contributed by atoms with Crippen LogP contribution in [-0.2, 0) is 4.79 Å². The second kappa shape index (κ2) is 7.96. The second-order valence-electron chi connectivity index (χ2n) is 7.04. The van der Waals surface area contributed by atoms with Gasteiger partial charge in [0.2, 0.25) is 0 Å². The SMILES string of the molecule is C[Si](C)(C)C#Cc1ccc(C(=O)N2CC[C@@H]2C(=O)NO)cc1SC(F)(F)F. The fourth-order valence-corrected chi connectivity index (χ4v) is 3.54. The van der Waals surface area contributed by atoms with E-state index in [1.54, 1.807) is 0 Å². The summed E-state index contributed by atoms with van der Waals surface area (Å²) in [6.07, 6.45) is 0.377. The van der Waals surface area contributed by atoms with E-state index in [1.165, 1.54) is 22.5 Å². The summed E-state index contributed by atoms with van der Waals surface area (Å²) in [5.41, 5.74) is 0.235. The van der Waals surface area contributed by atoms with Crippen LogP contribution in [0.15, 0.2) is 23.1 Å². The summed E-state index contributed by atoms with van der Waals surface area (Å²) >= 11 is -0.319.